The van der Waals surface area contributed by atoms with Gasteiger partial charge in [-0.3, -0.25) is 4.79 Å². The standard InChI is InChI=1S/C18H15F6NO/c1-8(2)18(9-3-5-10(19)6-4-9)25-12(26)7-11-13(20)15(22)17(24)16(23)14(11)21/h3-6,8,18H,7H2,1-2H3,(H,25,26)/t18-/m0/s1. The molecule has 0 aliphatic carbocycles. The number of carbonyl (C=O) groups excluding carboxylic acids is 1. The van der Waals surface area contributed by atoms with Crippen LogP contribution >= 0.6 is 0 Å². The molecule has 1 N–H and O–H groups in total. The van der Waals surface area contributed by atoms with Gasteiger partial charge in [-0.2, -0.15) is 0 Å². The van der Waals surface area contributed by atoms with Crippen molar-refractivity contribution in [1.82, 2.24) is 5.32 Å². The molecule has 2 aromatic carbocycles. The highest BCUT2D eigenvalue weighted by molar-refractivity contribution is 5.79. The van der Waals surface area contributed by atoms with E-state index < -0.39 is 58.8 Å². The fraction of sp³-hybridized carbons (Fsp3) is 0.278. The molecule has 26 heavy (non-hydrogen) atoms. The van der Waals surface area contributed by atoms with Gasteiger partial charge in [-0.1, -0.05) is 26.0 Å². The molecule has 0 aliphatic heterocycles. The highest BCUT2D eigenvalue weighted by Crippen LogP contribution is 2.25. The molecule has 1 amide bonds. The summed E-state index contributed by atoms with van der Waals surface area (Å²) in [7, 11) is 0. The molecular formula is C18H15F6NO. The maximum Gasteiger partial charge on any atom is 0.225 e. The first-order chi connectivity index (χ1) is 12.1. The van der Waals surface area contributed by atoms with Crippen LogP contribution in [0.25, 0.3) is 0 Å². The molecule has 1 atom stereocenters. The quantitative estimate of drug-likeness (QED) is 0.463. The van der Waals surface area contributed by atoms with Gasteiger partial charge in [-0.25, -0.2) is 26.3 Å². The Bertz CT molecular complexity index is 790. The molecule has 0 saturated heterocycles. The van der Waals surface area contributed by atoms with Gasteiger partial charge in [-0.15, -0.1) is 0 Å². The Hall–Kier alpha value is -2.51. The molecular weight excluding hydrogens is 360 g/mol. The first-order valence-electron chi connectivity index (χ1n) is 7.68. The lowest BCUT2D eigenvalue weighted by molar-refractivity contribution is -0.121. The van der Waals surface area contributed by atoms with E-state index in [4.69, 9.17) is 0 Å². The summed E-state index contributed by atoms with van der Waals surface area (Å²) in [5.41, 5.74) is -0.673. The van der Waals surface area contributed by atoms with Crippen molar-refractivity contribution < 1.29 is 31.1 Å². The van der Waals surface area contributed by atoms with Crippen LogP contribution in [0.1, 0.15) is 31.0 Å². The minimum atomic E-state index is -2.28. The second kappa shape index (κ2) is 7.80. The van der Waals surface area contributed by atoms with Crippen LogP contribution < -0.4 is 5.32 Å². The summed E-state index contributed by atoms with van der Waals surface area (Å²) in [6.45, 7) is 3.49. The van der Waals surface area contributed by atoms with Crippen LogP contribution in [0.2, 0.25) is 0 Å². The lowest BCUT2D eigenvalue weighted by Crippen LogP contribution is -2.33. The van der Waals surface area contributed by atoms with Crippen molar-refractivity contribution in [3.8, 4) is 0 Å². The molecule has 0 spiro atoms. The average molecular weight is 375 g/mol. The number of nitrogens with one attached hydrogen (secondary N) is 1. The predicted octanol–water partition coefficient (Wildman–Crippen LogP) is 4.58. The maximum absolute atomic E-state index is 13.7. The van der Waals surface area contributed by atoms with Crippen molar-refractivity contribution in [2.75, 3.05) is 0 Å². The second-order valence-electron chi connectivity index (χ2n) is 6.07. The van der Waals surface area contributed by atoms with Crippen LogP contribution in [0.4, 0.5) is 26.3 Å². The Balaban J connectivity index is 2.26. The minimum absolute atomic E-state index is 0.180. The molecule has 0 saturated carbocycles. The Labute approximate surface area is 145 Å². The fourth-order valence-corrected chi connectivity index (χ4v) is 2.50. The zero-order valence-electron chi connectivity index (χ0n) is 13.8. The number of amides is 1. The monoisotopic (exact) mass is 375 g/mol. The van der Waals surface area contributed by atoms with E-state index in [2.05, 4.69) is 5.32 Å². The van der Waals surface area contributed by atoms with Gasteiger partial charge >= 0.3 is 0 Å². The normalized spacial score (nSPS) is 12.3. The van der Waals surface area contributed by atoms with Crippen molar-refractivity contribution in [3.05, 3.63) is 70.3 Å². The highest BCUT2D eigenvalue weighted by atomic mass is 19.2. The molecule has 0 bridgehead atoms. The molecule has 2 nitrogen and oxygen atoms in total. The third-order valence-electron chi connectivity index (χ3n) is 3.85. The number of hydrogen-bond acceptors (Lipinski definition) is 1. The lowest BCUT2D eigenvalue weighted by atomic mass is 9.95. The van der Waals surface area contributed by atoms with Gasteiger partial charge in [0.2, 0.25) is 11.7 Å². The van der Waals surface area contributed by atoms with Crippen LogP contribution in [0.5, 0.6) is 0 Å². The topological polar surface area (TPSA) is 29.1 Å². The number of hydrogen-bond donors (Lipinski definition) is 1. The van der Waals surface area contributed by atoms with E-state index in [0.717, 1.165) is 0 Å². The largest absolute Gasteiger partial charge is 0.349 e. The molecule has 0 heterocycles. The van der Waals surface area contributed by atoms with Crippen molar-refractivity contribution >= 4 is 5.91 Å². The van der Waals surface area contributed by atoms with Crippen molar-refractivity contribution in [2.24, 2.45) is 5.92 Å². The molecule has 8 heteroatoms. The summed E-state index contributed by atoms with van der Waals surface area (Å²) in [6, 6.07) is 4.59. The first kappa shape index (κ1) is 19.8. The summed E-state index contributed by atoms with van der Waals surface area (Å²) in [4.78, 5) is 12.1. The van der Waals surface area contributed by atoms with Crippen LogP contribution in [0.15, 0.2) is 24.3 Å². The molecule has 0 unspecified atom stereocenters. The summed E-state index contributed by atoms with van der Waals surface area (Å²) in [6.07, 6.45) is -1.03. The number of benzene rings is 2. The Morgan fingerprint density at radius 2 is 1.31 bits per heavy atom. The highest BCUT2D eigenvalue weighted by Gasteiger charge is 2.28. The van der Waals surface area contributed by atoms with E-state index in [1.807, 2.05) is 0 Å². The first-order valence-corrected chi connectivity index (χ1v) is 7.68. The minimum Gasteiger partial charge on any atom is -0.349 e. The van der Waals surface area contributed by atoms with Gasteiger partial charge in [0.15, 0.2) is 23.3 Å². The van der Waals surface area contributed by atoms with Crippen molar-refractivity contribution in [3.63, 3.8) is 0 Å². The smallest absolute Gasteiger partial charge is 0.225 e. The molecule has 0 aromatic heterocycles. The lowest BCUT2D eigenvalue weighted by Gasteiger charge is -2.23. The maximum atomic E-state index is 13.7. The van der Waals surface area contributed by atoms with Gasteiger partial charge in [0, 0.05) is 5.56 Å². The number of rotatable bonds is 5. The van der Waals surface area contributed by atoms with E-state index >= 15 is 0 Å². The SMILES string of the molecule is CC(C)[C@H](NC(=O)Cc1c(F)c(F)c(F)c(F)c1F)c1ccc(F)cc1. The molecule has 0 fully saturated rings. The van der Waals surface area contributed by atoms with Crippen LogP contribution in [0.3, 0.4) is 0 Å². The van der Waals surface area contributed by atoms with Crippen molar-refractivity contribution in [1.29, 1.82) is 0 Å². The third kappa shape index (κ3) is 4.00. The van der Waals surface area contributed by atoms with Gasteiger partial charge < -0.3 is 5.32 Å². The van der Waals surface area contributed by atoms with E-state index in [1.165, 1.54) is 24.3 Å². The fourth-order valence-electron chi connectivity index (χ4n) is 2.50. The van der Waals surface area contributed by atoms with Crippen LogP contribution in [0, 0.1) is 40.8 Å². The summed E-state index contributed by atoms with van der Waals surface area (Å²) in [5.74, 6) is -12.2. The Morgan fingerprint density at radius 3 is 1.77 bits per heavy atom. The van der Waals surface area contributed by atoms with Gasteiger partial charge in [-0.05, 0) is 23.6 Å². The third-order valence-corrected chi connectivity index (χ3v) is 3.85. The zero-order chi connectivity index (χ0) is 19.6. The molecule has 0 radical (unpaired) electrons. The molecule has 2 rings (SSSR count). The Kier molecular flexibility index (Phi) is 5.94. The zero-order valence-corrected chi connectivity index (χ0v) is 13.8. The summed E-state index contributed by atoms with van der Waals surface area (Å²) in [5, 5.41) is 2.48. The van der Waals surface area contributed by atoms with Crippen molar-refractivity contribution in [2.45, 2.75) is 26.3 Å². The average Bonchev–Trinajstić information content (AvgIpc) is 2.60. The van der Waals surface area contributed by atoms with E-state index in [9.17, 15) is 31.1 Å². The van der Waals surface area contributed by atoms with Gasteiger partial charge in [0.05, 0.1) is 12.5 Å². The molecule has 0 aliphatic rings. The summed E-state index contributed by atoms with van der Waals surface area (Å²) >= 11 is 0. The van der Waals surface area contributed by atoms with Crippen LogP contribution in [-0.2, 0) is 11.2 Å². The summed E-state index contributed by atoms with van der Waals surface area (Å²) < 4.78 is 79.9. The number of halogens is 6. The van der Waals surface area contributed by atoms with Crippen LogP contribution in [-0.4, -0.2) is 5.91 Å². The van der Waals surface area contributed by atoms with Gasteiger partial charge in [0.1, 0.15) is 5.82 Å². The van der Waals surface area contributed by atoms with Gasteiger partial charge in [0.25, 0.3) is 0 Å². The predicted molar refractivity (Wildman–Crippen MR) is 82.1 cm³/mol. The van der Waals surface area contributed by atoms with E-state index in [0.29, 0.717) is 5.56 Å². The molecule has 140 valence electrons. The molecule has 2 aromatic rings. The second-order valence-corrected chi connectivity index (χ2v) is 6.07. The van der Waals surface area contributed by atoms with E-state index in [1.54, 1.807) is 13.8 Å². The number of carbonyl (C=O) groups is 1. The Morgan fingerprint density at radius 1 is 0.846 bits per heavy atom. The van der Waals surface area contributed by atoms with E-state index in [-0.39, 0.29) is 5.92 Å².